The zero-order chi connectivity index (χ0) is 17.2. The molecule has 0 spiro atoms. The smallest absolute Gasteiger partial charge is 0.269 e. The van der Waals surface area contributed by atoms with Gasteiger partial charge in [-0.2, -0.15) is 0 Å². The molecule has 1 aromatic carbocycles. The van der Waals surface area contributed by atoms with Crippen molar-refractivity contribution in [3.05, 3.63) is 60.8 Å². The van der Waals surface area contributed by atoms with E-state index in [-0.39, 0.29) is 12.5 Å². The molecule has 0 fully saturated rings. The zero-order valence-corrected chi connectivity index (χ0v) is 13.5. The van der Waals surface area contributed by atoms with E-state index in [1.807, 2.05) is 29.7 Å². The van der Waals surface area contributed by atoms with Gasteiger partial charge in [-0.15, -0.1) is 0 Å². The molecule has 0 bridgehead atoms. The van der Waals surface area contributed by atoms with Crippen LogP contribution in [0.4, 0.5) is 5.69 Å². The molecule has 1 aliphatic rings. The van der Waals surface area contributed by atoms with Crippen LogP contribution in [0.15, 0.2) is 55.0 Å². The average Bonchev–Trinajstić information content (AvgIpc) is 3.07. The van der Waals surface area contributed by atoms with Crippen LogP contribution in [0.1, 0.15) is 5.82 Å². The number of para-hydroxylation sites is 2. The third-order valence-electron chi connectivity index (χ3n) is 3.90. The molecule has 0 aliphatic carbocycles. The van der Waals surface area contributed by atoms with Gasteiger partial charge in [0.1, 0.15) is 12.4 Å². The van der Waals surface area contributed by atoms with Crippen molar-refractivity contribution in [1.82, 2.24) is 14.5 Å². The number of hydrogen-bond acceptors (Lipinski definition) is 5. The fraction of sp³-hybridized carbons (Fsp3) is 0.167. The van der Waals surface area contributed by atoms with E-state index >= 15 is 0 Å². The number of pyridine rings is 1. The SMILES string of the molecule is Cc1nccn1-c1ncccc1NC(=O)C1COc2ccccc2O1. The second-order valence-corrected chi connectivity index (χ2v) is 5.57. The summed E-state index contributed by atoms with van der Waals surface area (Å²) in [4.78, 5) is 21.2. The van der Waals surface area contributed by atoms with Gasteiger partial charge in [0.25, 0.3) is 5.91 Å². The van der Waals surface area contributed by atoms with E-state index in [9.17, 15) is 4.79 Å². The van der Waals surface area contributed by atoms with E-state index in [4.69, 9.17) is 9.47 Å². The number of aromatic nitrogens is 3. The maximum atomic E-state index is 12.6. The minimum atomic E-state index is -0.730. The van der Waals surface area contributed by atoms with Crippen molar-refractivity contribution < 1.29 is 14.3 Å². The van der Waals surface area contributed by atoms with Crippen LogP contribution < -0.4 is 14.8 Å². The number of rotatable bonds is 3. The molecule has 2 aromatic heterocycles. The van der Waals surface area contributed by atoms with E-state index in [0.717, 1.165) is 5.82 Å². The van der Waals surface area contributed by atoms with Gasteiger partial charge in [-0.3, -0.25) is 9.36 Å². The van der Waals surface area contributed by atoms with Crippen LogP contribution in [0, 0.1) is 6.92 Å². The normalized spacial score (nSPS) is 15.6. The Balaban J connectivity index is 1.56. The molecule has 1 unspecified atom stereocenters. The summed E-state index contributed by atoms with van der Waals surface area (Å²) in [5, 5.41) is 2.87. The number of imidazole rings is 1. The standard InChI is InChI=1S/C18H16N4O3/c1-12-19-9-10-22(12)17-13(5-4-8-20-17)21-18(23)16-11-24-14-6-2-3-7-15(14)25-16/h2-10,16H,11H2,1H3,(H,21,23). The summed E-state index contributed by atoms with van der Waals surface area (Å²) in [6, 6.07) is 10.8. The first-order valence-corrected chi connectivity index (χ1v) is 7.87. The summed E-state index contributed by atoms with van der Waals surface area (Å²) in [5.41, 5.74) is 0.580. The number of carbonyl (C=O) groups is 1. The molecule has 1 aliphatic heterocycles. The fourth-order valence-corrected chi connectivity index (χ4v) is 2.65. The van der Waals surface area contributed by atoms with Gasteiger partial charge in [-0.05, 0) is 31.2 Å². The van der Waals surface area contributed by atoms with Gasteiger partial charge >= 0.3 is 0 Å². The molecule has 1 N–H and O–H groups in total. The maximum Gasteiger partial charge on any atom is 0.269 e. The Morgan fingerprint density at radius 1 is 1.16 bits per heavy atom. The highest BCUT2D eigenvalue weighted by molar-refractivity contribution is 5.96. The van der Waals surface area contributed by atoms with Crippen molar-refractivity contribution in [2.24, 2.45) is 0 Å². The Bertz CT molecular complexity index is 922. The van der Waals surface area contributed by atoms with Crippen molar-refractivity contribution in [2.75, 3.05) is 11.9 Å². The highest BCUT2D eigenvalue weighted by Crippen LogP contribution is 2.31. The number of benzene rings is 1. The van der Waals surface area contributed by atoms with Crippen molar-refractivity contribution in [2.45, 2.75) is 13.0 Å². The minimum absolute atomic E-state index is 0.155. The highest BCUT2D eigenvalue weighted by Gasteiger charge is 2.28. The zero-order valence-electron chi connectivity index (χ0n) is 13.5. The number of nitrogens with zero attached hydrogens (tertiary/aromatic N) is 3. The maximum absolute atomic E-state index is 12.6. The molecule has 25 heavy (non-hydrogen) atoms. The lowest BCUT2D eigenvalue weighted by molar-refractivity contribution is -0.125. The second kappa shape index (κ2) is 6.27. The summed E-state index contributed by atoms with van der Waals surface area (Å²) < 4.78 is 13.2. The highest BCUT2D eigenvalue weighted by atomic mass is 16.6. The first kappa shape index (κ1) is 15.2. The molecule has 1 atom stereocenters. The van der Waals surface area contributed by atoms with Gasteiger partial charge in [-0.1, -0.05) is 12.1 Å². The third kappa shape index (κ3) is 2.91. The molecule has 126 valence electrons. The van der Waals surface area contributed by atoms with E-state index in [1.54, 1.807) is 36.8 Å². The number of fused-ring (bicyclic) bond motifs is 1. The first-order chi connectivity index (χ1) is 12.2. The predicted molar refractivity (Wildman–Crippen MR) is 91.1 cm³/mol. The summed E-state index contributed by atoms with van der Waals surface area (Å²) in [6.45, 7) is 2.03. The number of ether oxygens (including phenoxy) is 2. The molecule has 7 heteroatoms. The quantitative estimate of drug-likeness (QED) is 0.794. The Hall–Kier alpha value is -3.35. The van der Waals surface area contributed by atoms with Gasteiger partial charge in [0.15, 0.2) is 17.3 Å². The van der Waals surface area contributed by atoms with E-state index in [0.29, 0.717) is 23.0 Å². The molecule has 7 nitrogen and oxygen atoms in total. The lowest BCUT2D eigenvalue weighted by Crippen LogP contribution is -2.40. The van der Waals surface area contributed by atoms with Crippen LogP contribution in [0.5, 0.6) is 11.5 Å². The van der Waals surface area contributed by atoms with Crippen molar-refractivity contribution >= 4 is 11.6 Å². The number of hydrogen-bond donors (Lipinski definition) is 1. The molecule has 0 saturated heterocycles. The van der Waals surface area contributed by atoms with Crippen molar-refractivity contribution in [3.63, 3.8) is 0 Å². The van der Waals surface area contributed by atoms with Crippen LogP contribution >= 0.6 is 0 Å². The van der Waals surface area contributed by atoms with Gasteiger partial charge in [0, 0.05) is 18.6 Å². The fourth-order valence-electron chi connectivity index (χ4n) is 2.65. The largest absolute Gasteiger partial charge is 0.485 e. The molecule has 0 saturated carbocycles. The molecular weight excluding hydrogens is 320 g/mol. The molecule has 0 radical (unpaired) electrons. The topological polar surface area (TPSA) is 78.3 Å². The van der Waals surface area contributed by atoms with Crippen molar-refractivity contribution in [3.8, 4) is 17.3 Å². The third-order valence-corrected chi connectivity index (χ3v) is 3.90. The van der Waals surface area contributed by atoms with Crippen LogP contribution in [-0.2, 0) is 4.79 Å². The second-order valence-electron chi connectivity index (χ2n) is 5.57. The van der Waals surface area contributed by atoms with Crippen molar-refractivity contribution in [1.29, 1.82) is 0 Å². The van der Waals surface area contributed by atoms with Gasteiger partial charge in [0.05, 0.1) is 5.69 Å². The summed E-state index contributed by atoms with van der Waals surface area (Å²) in [5.74, 6) is 2.29. The first-order valence-electron chi connectivity index (χ1n) is 7.87. The average molecular weight is 336 g/mol. The molecule has 4 rings (SSSR count). The van der Waals surface area contributed by atoms with Gasteiger partial charge < -0.3 is 14.8 Å². The van der Waals surface area contributed by atoms with Gasteiger partial charge in [0.2, 0.25) is 6.10 Å². The number of anilines is 1. The number of nitrogens with one attached hydrogen (secondary N) is 1. The predicted octanol–water partition coefficient (Wildman–Crippen LogP) is 2.35. The molecular formula is C18H16N4O3. The Labute approximate surface area is 144 Å². The Morgan fingerprint density at radius 2 is 2.00 bits per heavy atom. The van der Waals surface area contributed by atoms with E-state index < -0.39 is 6.10 Å². The lowest BCUT2D eigenvalue weighted by atomic mass is 10.2. The summed E-state index contributed by atoms with van der Waals surface area (Å²) in [6.07, 6.45) is 4.42. The van der Waals surface area contributed by atoms with Crippen LogP contribution in [0.25, 0.3) is 5.82 Å². The summed E-state index contributed by atoms with van der Waals surface area (Å²) >= 11 is 0. The Morgan fingerprint density at radius 3 is 2.80 bits per heavy atom. The van der Waals surface area contributed by atoms with Crippen LogP contribution in [-0.4, -0.2) is 33.2 Å². The number of carbonyl (C=O) groups excluding carboxylic acids is 1. The van der Waals surface area contributed by atoms with Crippen LogP contribution in [0.2, 0.25) is 0 Å². The molecule has 3 aromatic rings. The molecule has 3 heterocycles. The van der Waals surface area contributed by atoms with Crippen LogP contribution in [0.3, 0.4) is 0 Å². The lowest BCUT2D eigenvalue weighted by Gasteiger charge is -2.25. The monoisotopic (exact) mass is 336 g/mol. The Kier molecular flexibility index (Phi) is 3.81. The summed E-state index contributed by atoms with van der Waals surface area (Å²) in [7, 11) is 0. The van der Waals surface area contributed by atoms with E-state index in [2.05, 4.69) is 15.3 Å². The minimum Gasteiger partial charge on any atom is -0.485 e. The number of amides is 1. The number of aryl methyl sites for hydroxylation is 1. The molecule has 1 amide bonds. The van der Waals surface area contributed by atoms with Gasteiger partial charge in [-0.25, -0.2) is 9.97 Å². The van der Waals surface area contributed by atoms with E-state index in [1.165, 1.54) is 0 Å².